The Kier molecular flexibility index (Phi) is 2.88. The topological polar surface area (TPSA) is 49.9 Å². The van der Waals surface area contributed by atoms with Gasteiger partial charge in [0.2, 0.25) is 0 Å². The van der Waals surface area contributed by atoms with Crippen molar-refractivity contribution in [2.75, 3.05) is 7.11 Å². The molecule has 3 aliphatic rings. The van der Waals surface area contributed by atoms with Crippen LogP contribution in [-0.4, -0.2) is 35.3 Å². The maximum Gasteiger partial charge on any atom is 0.109 e. The van der Waals surface area contributed by atoms with Gasteiger partial charge in [0.25, 0.3) is 0 Å². The van der Waals surface area contributed by atoms with Gasteiger partial charge in [-0.3, -0.25) is 0 Å². The molecule has 104 valence electrons. The van der Waals surface area contributed by atoms with Crippen LogP contribution in [0.15, 0.2) is 12.4 Å². The number of imidazole rings is 1. The van der Waals surface area contributed by atoms with Gasteiger partial charge < -0.3 is 15.0 Å². The van der Waals surface area contributed by atoms with E-state index in [0.717, 1.165) is 17.7 Å². The molecule has 4 nitrogen and oxygen atoms in total. The molecule has 0 aromatic carbocycles. The smallest absolute Gasteiger partial charge is 0.109 e. The number of nitrogens with zero attached hydrogens (tertiary/aromatic N) is 1. The standard InChI is InChI=1S/C15H23N3O/c1-19-14-12-4-2-3-11(12)13(14)18-10-7-9(8-10)15-16-5-6-17-15/h5-6,9-14,18H,2-4,7-8H2,1H3,(H,16,17). The minimum atomic E-state index is 0.468. The minimum Gasteiger partial charge on any atom is -0.380 e. The normalized spacial score (nSPS) is 44.5. The van der Waals surface area contributed by atoms with E-state index in [9.17, 15) is 0 Å². The SMILES string of the molecule is COC1C2CCCC2C1NC1CC(c2ncc[nH]2)C1. The van der Waals surface area contributed by atoms with Crippen molar-refractivity contribution in [3.63, 3.8) is 0 Å². The summed E-state index contributed by atoms with van der Waals surface area (Å²) in [5, 5.41) is 3.85. The van der Waals surface area contributed by atoms with Gasteiger partial charge >= 0.3 is 0 Å². The first-order valence-corrected chi connectivity index (χ1v) is 7.65. The van der Waals surface area contributed by atoms with Crippen LogP contribution in [0.3, 0.4) is 0 Å². The summed E-state index contributed by atoms with van der Waals surface area (Å²) in [6, 6.07) is 1.28. The molecule has 1 aromatic heterocycles. The Morgan fingerprint density at radius 2 is 2.16 bits per heavy atom. The number of ether oxygens (including phenoxy) is 1. The molecule has 3 saturated carbocycles. The number of hydrogen-bond donors (Lipinski definition) is 2. The van der Waals surface area contributed by atoms with Gasteiger partial charge in [-0.15, -0.1) is 0 Å². The maximum absolute atomic E-state index is 5.70. The van der Waals surface area contributed by atoms with Crippen LogP contribution in [0.5, 0.6) is 0 Å². The zero-order valence-electron chi connectivity index (χ0n) is 11.5. The summed E-state index contributed by atoms with van der Waals surface area (Å²) < 4.78 is 5.70. The zero-order chi connectivity index (χ0) is 12.8. The number of methoxy groups -OCH3 is 1. The Balaban J connectivity index is 1.32. The molecule has 2 N–H and O–H groups in total. The third-order valence-electron chi connectivity index (χ3n) is 5.61. The summed E-state index contributed by atoms with van der Waals surface area (Å²) in [6.45, 7) is 0. The Labute approximate surface area is 114 Å². The van der Waals surface area contributed by atoms with Gasteiger partial charge in [0.15, 0.2) is 0 Å². The largest absolute Gasteiger partial charge is 0.380 e. The van der Waals surface area contributed by atoms with Crippen molar-refractivity contribution >= 4 is 0 Å². The lowest BCUT2D eigenvalue weighted by atomic mass is 9.67. The molecule has 0 radical (unpaired) electrons. The van der Waals surface area contributed by atoms with Gasteiger partial charge in [0.05, 0.1) is 6.10 Å². The second-order valence-electron chi connectivity index (χ2n) is 6.49. The van der Waals surface area contributed by atoms with Crippen LogP contribution in [0.2, 0.25) is 0 Å². The van der Waals surface area contributed by atoms with Gasteiger partial charge in [0.1, 0.15) is 5.82 Å². The third-order valence-corrected chi connectivity index (χ3v) is 5.61. The van der Waals surface area contributed by atoms with Crippen molar-refractivity contribution in [2.45, 2.75) is 56.2 Å². The second-order valence-corrected chi connectivity index (χ2v) is 6.49. The number of rotatable bonds is 4. The average molecular weight is 261 g/mol. The second kappa shape index (κ2) is 4.60. The van der Waals surface area contributed by atoms with E-state index < -0.39 is 0 Å². The molecule has 4 heteroatoms. The number of H-pyrrole nitrogens is 1. The van der Waals surface area contributed by atoms with E-state index >= 15 is 0 Å². The zero-order valence-corrected chi connectivity index (χ0v) is 11.5. The third kappa shape index (κ3) is 1.84. The van der Waals surface area contributed by atoms with Crippen LogP contribution in [0.4, 0.5) is 0 Å². The number of fused-ring (bicyclic) bond motifs is 1. The van der Waals surface area contributed by atoms with Crippen molar-refractivity contribution in [1.29, 1.82) is 0 Å². The van der Waals surface area contributed by atoms with E-state index in [2.05, 4.69) is 15.3 Å². The van der Waals surface area contributed by atoms with Crippen molar-refractivity contribution in [2.24, 2.45) is 11.8 Å². The molecule has 1 heterocycles. The highest BCUT2D eigenvalue weighted by molar-refractivity contribution is 5.11. The Morgan fingerprint density at radius 3 is 2.89 bits per heavy atom. The number of aromatic amines is 1. The lowest BCUT2D eigenvalue weighted by molar-refractivity contribution is -0.0896. The number of nitrogens with one attached hydrogen (secondary N) is 2. The molecule has 4 unspecified atom stereocenters. The summed E-state index contributed by atoms with van der Waals surface area (Å²) in [6.07, 6.45) is 10.9. The molecular formula is C15H23N3O. The van der Waals surface area contributed by atoms with Gasteiger partial charge in [-0.1, -0.05) is 6.42 Å². The van der Waals surface area contributed by atoms with E-state index in [-0.39, 0.29) is 0 Å². The van der Waals surface area contributed by atoms with Crippen LogP contribution in [0, 0.1) is 11.8 Å². The average Bonchev–Trinajstić information content (AvgIpc) is 2.98. The van der Waals surface area contributed by atoms with Gasteiger partial charge in [-0.25, -0.2) is 4.98 Å². The van der Waals surface area contributed by atoms with Crippen molar-refractivity contribution < 1.29 is 4.74 Å². The van der Waals surface area contributed by atoms with E-state index in [1.54, 1.807) is 0 Å². The van der Waals surface area contributed by atoms with Crippen molar-refractivity contribution in [3.05, 3.63) is 18.2 Å². The summed E-state index contributed by atoms with van der Waals surface area (Å²) in [5.74, 6) is 3.51. The molecule has 3 aliphatic carbocycles. The summed E-state index contributed by atoms with van der Waals surface area (Å²) in [7, 11) is 1.88. The summed E-state index contributed by atoms with van der Waals surface area (Å²) in [5.41, 5.74) is 0. The quantitative estimate of drug-likeness (QED) is 0.872. The fourth-order valence-electron chi connectivity index (χ4n) is 4.53. The molecule has 0 amide bonds. The van der Waals surface area contributed by atoms with Gasteiger partial charge in [-0.05, 0) is 37.5 Å². The van der Waals surface area contributed by atoms with Crippen molar-refractivity contribution in [1.82, 2.24) is 15.3 Å². The van der Waals surface area contributed by atoms with Gasteiger partial charge in [-0.2, -0.15) is 0 Å². The fraction of sp³-hybridized carbons (Fsp3) is 0.800. The highest BCUT2D eigenvalue weighted by atomic mass is 16.5. The van der Waals surface area contributed by atoms with Gasteiger partial charge in [0, 0.05) is 37.5 Å². The first-order chi connectivity index (χ1) is 9.36. The van der Waals surface area contributed by atoms with Crippen LogP contribution < -0.4 is 5.32 Å². The minimum absolute atomic E-state index is 0.468. The van der Waals surface area contributed by atoms with E-state index in [1.165, 1.54) is 32.1 Å². The molecule has 19 heavy (non-hydrogen) atoms. The molecule has 0 bridgehead atoms. The highest BCUT2D eigenvalue weighted by Gasteiger charge is 2.53. The Hall–Kier alpha value is -0.870. The predicted octanol–water partition coefficient (Wildman–Crippen LogP) is 2.06. The Morgan fingerprint density at radius 1 is 1.32 bits per heavy atom. The first kappa shape index (κ1) is 11.9. The van der Waals surface area contributed by atoms with Crippen LogP contribution in [-0.2, 0) is 4.74 Å². The Bertz CT molecular complexity index is 427. The monoisotopic (exact) mass is 261 g/mol. The van der Waals surface area contributed by atoms with Crippen LogP contribution in [0.1, 0.15) is 43.8 Å². The predicted molar refractivity (Wildman–Crippen MR) is 72.9 cm³/mol. The number of aromatic nitrogens is 2. The maximum atomic E-state index is 5.70. The van der Waals surface area contributed by atoms with Crippen LogP contribution in [0.25, 0.3) is 0 Å². The van der Waals surface area contributed by atoms with Crippen molar-refractivity contribution in [3.8, 4) is 0 Å². The molecule has 3 fully saturated rings. The molecule has 4 rings (SSSR count). The van der Waals surface area contributed by atoms with E-state index in [1.807, 2.05) is 19.5 Å². The first-order valence-electron chi connectivity index (χ1n) is 7.65. The molecule has 4 atom stereocenters. The molecular weight excluding hydrogens is 238 g/mol. The summed E-state index contributed by atoms with van der Waals surface area (Å²) in [4.78, 5) is 7.60. The van der Waals surface area contributed by atoms with E-state index in [4.69, 9.17) is 4.74 Å². The molecule has 1 aromatic rings. The number of hydrogen-bond acceptors (Lipinski definition) is 3. The lowest BCUT2D eigenvalue weighted by Gasteiger charge is -2.51. The fourth-order valence-corrected chi connectivity index (χ4v) is 4.53. The van der Waals surface area contributed by atoms with E-state index in [0.29, 0.717) is 24.1 Å². The highest BCUT2D eigenvalue weighted by Crippen LogP contribution is 2.49. The molecule has 0 aliphatic heterocycles. The summed E-state index contributed by atoms with van der Waals surface area (Å²) >= 11 is 0. The lowest BCUT2D eigenvalue weighted by Crippen LogP contribution is -2.64. The van der Waals surface area contributed by atoms with Crippen LogP contribution >= 0.6 is 0 Å². The molecule has 0 spiro atoms. The molecule has 0 saturated heterocycles.